The molecular weight excluding hydrogens is 663 g/mol. The van der Waals surface area contributed by atoms with Crippen LogP contribution in [0.1, 0.15) is 33.4 Å². The van der Waals surface area contributed by atoms with E-state index in [1.54, 1.807) is 6.07 Å². The van der Waals surface area contributed by atoms with Crippen LogP contribution in [0, 0.1) is 22.7 Å². The van der Waals surface area contributed by atoms with Crippen LogP contribution < -0.4 is 4.74 Å². The normalized spacial score (nSPS) is 14.5. The summed E-state index contributed by atoms with van der Waals surface area (Å²) >= 11 is 0. The summed E-state index contributed by atoms with van der Waals surface area (Å²) in [5, 5.41) is 19.6. The highest BCUT2D eigenvalue weighted by Gasteiger charge is 2.51. The SMILES string of the molecule is N#Cc1cc(C#N)cc(-c2ccc3c(c2)C2(c4ccccc4O3)c3ccccc3-c3ccc(-c4nc(-c5ccccc5)nc(-c5ccccc5)n4)cc32)c1. The van der Waals surface area contributed by atoms with Crippen LogP contribution in [0.25, 0.3) is 56.4 Å². The molecule has 0 fully saturated rings. The molecule has 6 heteroatoms. The lowest BCUT2D eigenvalue weighted by Gasteiger charge is -2.39. The molecule has 1 aliphatic carbocycles. The Morgan fingerprint density at radius 3 is 1.57 bits per heavy atom. The van der Waals surface area contributed by atoms with Gasteiger partial charge in [-0.3, -0.25) is 0 Å². The fourth-order valence-corrected chi connectivity index (χ4v) is 8.08. The molecule has 6 nitrogen and oxygen atoms in total. The zero-order valence-corrected chi connectivity index (χ0v) is 28.7. The van der Waals surface area contributed by atoms with Crippen molar-refractivity contribution in [3.63, 3.8) is 0 Å². The average molecular weight is 690 g/mol. The molecule has 1 spiro atoms. The highest BCUT2D eigenvalue weighted by molar-refractivity contribution is 5.90. The maximum atomic E-state index is 9.81. The molecule has 0 saturated heterocycles. The van der Waals surface area contributed by atoms with E-state index >= 15 is 0 Å². The van der Waals surface area contributed by atoms with Gasteiger partial charge in [0.1, 0.15) is 11.5 Å². The van der Waals surface area contributed by atoms with E-state index < -0.39 is 5.41 Å². The lowest BCUT2D eigenvalue weighted by atomic mass is 9.65. The predicted octanol–water partition coefficient (Wildman–Crippen LogP) is 10.8. The van der Waals surface area contributed by atoms with Crippen molar-refractivity contribution in [2.45, 2.75) is 5.41 Å². The quantitative estimate of drug-likeness (QED) is 0.182. The topological polar surface area (TPSA) is 95.5 Å². The van der Waals surface area contributed by atoms with Crippen molar-refractivity contribution in [3.05, 3.63) is 197 Å². The second kappa shape index (κ2) is 12.2. The molecule has 8 aromatic rings. The van der Waals surface area contributed by atoms with Gasteiger partial charge in [-0.25, -0.2) is 15.0 Å². The van der Waals surface area contributed by atoms with E-state index in [1.165, 1.54) is 0 Å². The summed E-state index contributed by atoms with van der Waals surface area (Å²) in [6, 6.07) is 59.2. The lowest BCUT2D eigenvalue weighted by Crippen LogP contribution is -2.32. The number of hydrogen-bond donors (Lipinski definition) is 0. The van der Waals surface area contributed by atoms with E-state index in [0.717, 1.165) is 72.7 Å². The van der Waals surface area contributed by atoms with E-state index in [0.29, 0.717) is 28.6 Å². The van der Waals surface area contributed by atoms with Gasteiger partial charge >= 0.3 is 0 Å². The molecule has 0 N–H and O–H groups in total. The van der Waals surface area contributed by atoms with Gasteiger partial charge in [0.2, 0.25) is 0 Å². The lowest BCUT2D eigenvalue weighted by molar-refractivity contribution is 0.436. The first-order chi connectivity index (χ1) is 26.6. The number of fused-ring (bicyclic) bond motifs is 9. The van der Waals surface area contributed by atoms with Gasteiger partial charge in [-0.2, -0.15) is 10.5 Å². The molecule has 1 aliphatic heterocycles. The second-order valence-electron chi connectivity index (χ2n) is 13.4. The van der Waals surface area contributed by atoms with Gasteiger partial charge in [-0.15, -0.1) is 0 Å². The van der Waals surface area contributed by atoms with E-state index in [4.69, 9.17) is 19.7 Å². The average Bonchev–Trinajstić information content (AvgIpc) is 3.53. The number of nitriles is 2. The van der Waals surface area contributed by atoms with Crippen molar-refractivity contribution in [1.82, 2.24) is 15.0 Å². The third-order valence-electron chi connectivity index (χ3n) is 10.4. The smallest absolute Gasteiger partial charge is 0.164 e. The molecule has 2 aliphatic rings. The van der Waals surface area contributed by atoms with Crippen molar-refractivity contribution in [2.75, 3.05) is 0 Å². The minimum Gasteiger partial charge on any atom is -0.457 e. The molecule has 10 rings (SSSR count). The zero-order valence-electron chi connectivity index (χ0n) is 28.7. The summed E-state index contributed by atoms with van der Waals surface area (Å²) in [6.07, 6.45) is 0. The molecular formula is C48H27N5O. The van der Waals surface area contributed by atoms with Crippen LogP contribution in [0.15, 0.2) is 164 Å². The molecule has 1 unspecified atom stereocenters. The van der Waals surface area contributed by atoms with Crippen LogP contribution in [0.5, 0.6) is 11.5 Å². The van der Waals surface area contributed by atoms with Gasteiger partial charge in [-0.05, 0) is 75.8 Å². The van der Waals surface area contributed by atoms with E-state index in [1.807, 2.05) is 97.1 Å². The Balaban J connectivity index is 1.25. The summed E-state index contributed by atoms with van der Waals surface area (Å²) in [5.74, 6) is 3.28. The Labute approximate surface area is 311 Å². The van der Waals surface area contributed by atoms with E-state index in [2.05, 4.69) is 72.8 Å². The van der Waals surface area contributed by atoms with Gasteiger partial charge in [0, 0.05) is 27.8 Å². The molecule has 0 bridgehead atoms. The monoisotopic (exact) mass is 689 g/mol. The first kappa shape index (κ1) is 31.1. The van der Waals surface area contributed by atoms with Gasteiger partial charge in [0.25, 0.3) is 0 Å². The van der Waals surface area contributed by atoms with Crippen molar-refractivity contribution in [1.29, 1.82) is 10.5 Å². The summed E-state index contributed by atoms with van der Waals surface area (Å²) in [5.41, 5.74) is 10.9. The third-order valence-corrected chi connectivity index (χ3v) is 10.4. The van der Waals surface area contributed by atoms with Gasteiger partial charge < -0.3 is 4.74 Å². The molecule has 2 heterocycles. The molecule has 7 aromatic carbocycles. The van der Waals surface area contributed by atoms with E-state index in [9.17, 15) is 10.5 Å². The van der Waals surface area contributed by atoms with Gasteiger partial charge in [-0.1, -0.05) is 121 Å². The molecule has 0 radical (unpaired) electrons. The summed E-state index contributed by atoms with van der Waals surface area (Å²) in [6.45, 7) is 0. The number of para-hydroxylation sites is 1. The number of ether oxygens (including phenoxy) is 1. The fraction of sp³-hybridized carbons (Fsp3) is 0.0208. The summed E-state index contributed by atoms with van der Waals surface area (Å²) in [4.78, 5) is 15.1. The highest BCUT2D eigenvalue weighted by atomic mass is 16.5. The molecule has 250 valence electrons. The number of hydrogen-bond acceptors (Lipinski definition) is 6. The van der Waals surface area contributed by atoms with Crippen LogP contribution >= 0.6 is 0 Å². The Morgan fingerprint density at radius 2 is 0.907 bits per heavy atom. The summed E-state index contributed by atoms with van der Waals surface area (Å²) < 4.78 is 6.68. The Kier molecular flexibility index (Phi) is 7.05. The molecule has 1 atom stereocenters. The Hall–Kier alpha value is -7.67. The fourth-order valence-electron chi connectivity index (χ4n) is 8.08. The Bertz CT molecular complexity index is 2800. The highest BCUT2D eigenvalue weighted by Crippen LogP contribution is 2.62. The largest absolute Gasteiger partial charge is 0.457 e. The second-order valence-corrected chi connectivity index (χ2v) is 13.4. The van der Waals surface area contributed by atoms with Crippen molar-refractivity contribution < 1.29 is 4.74 Å². The van der Waals surface area contributed by atoms with Gasteiger partial charge in [0.15, 0.2) is 17.5 Å². The van der Waals surface area contributed by atoms with Crippen molar-refractivity contribution in [3.8, 4) is 80.1 Å². The van der Waals surface area contributed by atoms with Crippen LogP contribution in [0.3, 0.4) is 0 Å². The van der Waals surface area contributed by atoms with E-state index in [-0.39, 0.29) is 0 Å². The van der Waals surface area contributed by atoms with Crippen molar-refractivity contribution in [2.24, 2.45) is 0 Å². The maximum Gasteiger partial charge on any atom is 0.164 e. The van der Waals surface area contributed by atoms with Crippen LogP contribution in [-0.4, -0.2) is 15.0 Å². The molecule has 0 saturated carbocycles. The first-order valence-electron chi connectivity index (χ1n) is 17.6. The number of rotatable bonds is 4. The van der Waals surface area contributed by atoms with Crippen LogP contribution in [0.4, 0.5) is 0 Å². The first-order valence-corrected chi connectivity index (χ1v) is 17.6. The molecule has 1 aromatic heterocycles. The Morgan fingerprint density at radius 1 is 0.389 bits per heavy atom. The van der Waals surface area contributed by atoms with Crippen LogP contribution in [0.2, 0.25) is 0 Å². The summed E-state index contributed by atoms with van der Waals surface area (Å²) in [7, 11) is 0. The predicted molar refractivity (Wildman–Crippen MR) is 208 cm³/mol. The van der Waals surface area contributed by atoms with Crippen molar-refractivity contribution >= 4 is 0 Å². The number of aromatic nitrogens is 3. The maximum absolute atomic E-state index is 9.81. The minimum absolute atomic E-state index is 0.432. The van der Waals surface area contributed by atoms with Crippen LogP contribution in [-0.2, 0) is 5.41 Å². The minimum atomic E-state index is -0.773. The number of nitrogens with zero attached hydrogens (tertiary/aromatic N) is 5. The third kappa shape index (κ3) is 4.75. The molecule has 0 amide bonds. The molecule has 54 heavy (non-hydrogen) atoms. The van der Waals surface area contributed by atoms with Gasteiger partial charge in [0.05, 0.1) is 28.7 Å². The zero-order chi connectivity index (χ0) is 36.2. The number of benzene rings is 7. The standard InChI is InChI=1S/C48H27N5O/c49-28-30-23-31(29-50)25-36(24-30)34-20-22-44-42(26-34)48(40-17-9-10-18-43(40)54-44)39-16-8-7-15-37(39)38-21-19-35(27-41(38)48)47-52-45(32-11-3-1-4-12-32)51-46(53-47)33-13-5-2-6-14-33/h1-27H.